The Labute approximate surface area is 71.3 Å². The molecule has 0 atom stereocenters. The lowest BCUT2D eigenvalue weighted by Crippen LogP contribution is -2.24. The number of carboxylic acid groups (broad SMARTS) is 1. The number of hydrogen-bond donors (Lipinski definition) is 4. The fraction of sp³-hybridized carbons (Fsp3) is 0.500. The summed E-state index contributed by atoms with van der Waals surface area (Å²) in [6.07, 6.45) is 1.69. The van der Waals surface area contributed by atoms with Crippen molar-refractivity contribution in [2.24, 2.45) is 0 Å². The molecule has 2 N–H and O–H groups in total. The van der Waals surface area contributed by atoms with Crippen molar-refractivity contribution >= 4 is 36.5 Å². The highest BCUT2D eigenvalue weighted by atomic mass is 32.1. The molecule has 0 radical (unpaired) electrons. The van der Waals surface area contributed by atoms with Crippen molar-refractivity contribution in [3.8, 4) is 0 Å². The number of aliphatic carboxylic acids is 1. The van der Waals surface area contributed by atoms with Gasteiger partial charge in [0.15, 0.2) is 0 Å². The summed E-state index contributed by atoms with van der Waals surface area (Å²) in [5.74, 6) is -1.08. The molecular weight excluding hydrogens is 174 g/mol. The highest BCUT2D eigenvalue weighted by Gasteiger charge is 1.95. The van der Waals surface area contributed by atoms with Crippen LogP contribution in [0.25, 0.3) is 0 Å². The molecule has 0 saturated heterocycles. The van der Waals surface area contributed by atoms with Crippen LogP contribution in [0.2, 0.25) is 0 Å². The molecule has 1 amide bonds. The van der Waals surface area contributed by atoms with E-state index in [1.165, 1.54) is 0 Å². The summed E-state index contributed by atoms with van der Waals surface area (Å²) in [5, 5.41) is 9.25. The Bertz CT molecular complexity index is 108. The highest BCUT2D eigenvalue weighted by molar-refractivity contribution is 7.96. The molecule has 0 bridgehead atoms. The largest absolute Gasteiger partial charge is 0.480 e. The van der Waals surface area contributed by atoms with Crippen LogP contribution >= 0.6 is 25.3 Å². The number of nitrogens with one attached hydrogen (secondary N) is 1. The quantitative estimate of drug-likeness (QED) is 0.474. The molecule has 4 nitrogen and oxygen atoms in total. The normalized spacial score (nSPS) is 7.10. The first kappa shape index (κ1) is 12.3. The van der Waals surface area contributed by atoms with Gasteiger partial charge in [0.1, 0.15) is 6.54 Å². The Balaban J connectivity index is -0.000000196. The molecule has 0 heterocycles. The molecule has 0 aliphatic heterocycles. The standard InChI is InChI=1S/C3H5NO3S.CH4S.H2/c5-2(6)1-4-3(7)8;1-2;/h1H2,(H,5,6)(H2,4,7,8);2H,1H3;1H. The van der Waals surface area contributed by atoms with E-state index in [0.717, 1.165) is 0 Å². The Kier molecular flexibility index (Phi) is 10.7. The van der Waals surface area contributed by atoms with Crippen LogP contribution < -0.4 is 5.32 Å². The first-order valence-electron chi connectivity index (χ1n) is 2.26. The summed E-state index contributed by atoms with van der Waals surface area (Å²) in [5.41, 5.74) is 0. The van der Waals surface area contributed by atoms with Crippen molar-refractivity contribution < 1.29 is 16.1 Å². The van der Waals surface area contributed by atoms with Crippen LogP contribution in [0, 0.1) is 0 Å². The van der Waals surface area contributed by atoms with Gasteiger partial charge >= 0.3 is 5.97 Å². The first-order valence-corrected chi connectivity index (χ1v) is 3.60. The summed E-state index contributed by atoms with van der Waals surface area (Å²) >= 11 is 6.79. The van der Waals surface area contributed by atoms with Crippen LogP contribution in [0.15, 0.2) is 0 Å². The van der Waals surface area contributed by atoms with Crippen molar-refractivity contribution in [2.75, 3.05) is 12.8 Å². The van der Waals surface area contributed by atoms with E-state index >= 15 is 0 Å². The van der Waals surface area contributed by atoms with E-state index in [2.05, 4.69) is 25.3 Å². The zero-order valence-corrected chi connectivity index (χ0v) is 7.15. The van der Waals surface area contributed by atoms with Crippen LogP contribution in [-0.4, -0.2) is 29.1 Å². The molecule has 0 aromatic carbocycles. The van der Waals surface area contributed by atoms with E-state index in [-0.39, 0.29) is 7.97 Å². The zero-order valence-electron chi connectivity index (χ0n) is 5.37. The van der Waals surface area contributed by atoms with Gasteiger partial charge in [-0.15, -0.1) is 0 Å². The third-order valence-electron chi connectivity index (χ3n) is 0.391. The number of hydrogen-bond acceptors (Lipinski definition) is 3. The smallest absolute Gasteiger partial charge is 0.323 e. The van der Waals surface area contributed by atoms with Crippen LogP contribution in [0.3, 0.4) is 0 Å². The summed E-state index contributed by atoms with van der Waals surface area (Å²) in [6.45, 7) is -0.373. The molecule has 6 heteroatoms. The van der Waals surface area contributed by atoms with Gasteiger partial charge in [0.25, 0.3) is 5.24 Å². The number of amides is 1. The van der Waals surface area contributed by atoms with Gasteiger partial charge in [0.2, 0.25) is 0 Å². The second-order valence-electron chi connectivity index (χ2n) is 1.05. The number of thiol groups is 2. The molecule has 0 aromatic rings. The third-order valence-corrected chi connectivity index (χ3v) is 0.549. The van der Waals surface area contributed by atoms with Crippen LogP contribution in [0.5, 0.6) is 0 Å². The van der Waals surface area contributed by atoms with E-state index in [1.807, 2.05) is 5.32 Å². The van der Waals surface area contributed by atoms with Crippen LogP contribution in [0.1, 0.15) is 1.43 Å². The molecule has 0 fully saturated rings. The van der Waals surface area contributed by atoms with Gasteiger partial charge in [0.05, 0.1) is 0 Å². The molecule has 0 aromatic heterocycles. The number of rotatable bonds is 2. The van der Waals surface area contributed by atoms with E-state index in [0.29, 0.717) is 0 Å². The lowest BCUT2D eigenvalue weighted by Gasteiger charge is -1.91. The number of carbonyl (C=O) groups is 2. The molecule has 0 aliphatic rings. The van der Waals surface area contributed by atoms with E-state index in [9.17, 15) is 9.59 Å². The van der Waals surface area contributed by atoms with E-state index in [4.69, 9.17) is 5.11 Å². The molecule has 0 rings (SSSR count). The maximum absolute atomic E-state index is 9.84. The van der Waals surface area contributed by atoms with Crippen molar-refractivity contribution in [3.05, 3.63) is 0 Å². The lowest BCUT2D eigenvalue weighted by atomic mass is 10.7. The Hall–Kier alpha value is -0.360. The summed E-state index contributed by atoms with van der Waals surface area (Å²) in [7, 11) is 0. The van der Waals surface area contributed by atoms with Crippen molar-refractivity contribution in [2.45, 2.75) is 0 Å². The predicted octanol–water partition coefficient (Wildman–Crippen LogP) is 0.502. The minimum atomic E-state index is -1.08. The van der Waals surface area contributed by atoms with Crippen LogP contribution in [0.4, 0.5) is 4.79 Å². The maximum Gasteiger partial charge on any atom is 0.323 e. The van der Waals surface area contributed by atoms with Crippen molar-refractivity contribution in [3.63, 3.8) is 0 Å². The van der Waals surface area contributed by atoms with Gasteiger partial charge in [-0.1, -0.05) is 12.6 Å². The summed E-state index contributed by atoms with van der Waals surface area (Å²) < 4.78 is 0. The summed E-state index contributed by atoms with van der Waals surface area (Å²) in [4.78, 5) is 19.5. The number of carbonyl (C=O) groups excluding carboxylic acids is 1. The maximum atomic E-state index is 9.84. The molecule has 0 aliphatic carbocycles. The second kappa shape index (κ2) is 8.64. The highest BCUT2D eigenvalue weighted by Crippen LogP contribution is 1.72. The molecular formula is C4H11NO3S2. The zero-order chi connectivity index (χ0) is 8.57. The van der Waals surface area contributed by atoms with Gasteiger partial charge in [-0.05, 0) is 6.26 Å². The molecule has 62 valence electrons. The Morgan fingerprint density at radius 2 is 2.00 bits per heavy atom. The average molecular weight is 185 g/mol. The lowest BCUT2D eigenvalue weighted by molar-refractivity contribution is -0.135. The number of carboxylic acids is 1. The Morgan fingerprint density at radius 1 is 1.60 bits per heavy atom. The monoisotopic (exact) mass is 185 g/mol. The molecule has 0 spiro atoms. The molecule has 0 saturated carbocycles. The second-order valence-corrected chi connectivity index (χ2v) is 1.46. The average Bonchev–Trinajstić information content (AvgIpc) is 1.89. The van der Waals surface area contributed by atoms with E-state index in [1.54, 1.807) is 6.26 Å². The van der Waals surface area contributed by atoms with Gasteiger partial charge in [-0.25, -0.2) is 0 Å². The Morgan fingerprint density at radius 3 is 2.10 bits per heavy atom. The van der Waals surface area contributed by atoms with Crippen molar-refractivity contribution in [1.29, 1.82) is 0 Å². The van der Waals surface area contributed by atoms with Gasteiger partial charge in [-0.2, -0.15) is 12.6 Å². The fourth-order valence-corrected chi connectivity index (χ4v) is 0.230. The topological polar surface area (TPSA) is 66.4 Å². The van der Waals surface area contributed by atoms with Gasteiger partial charge in [-0.3, -0.25) is 9.59 Å². The predicted molar refractivity (Wildman–Crippen MR) is 47.0 cm³/mol. The fourth-order valence-electron chi connectivity index (χ4n) is 0.151. The summed E-state index contributed by atoms with van der Waals surface area (Å²) in [6, 6.07) is 0. The third kappa shape index (κ3) is 15.6. The van der Waals surface area contributed by atoms with Crippen molar-refractivity contribution in [1.82, 2.24) is 5.32 Å². The minimum Gasteiger partial charge on any atom is -0.480 e. The van der Waals surface area contributed by atoms with Gasteiger partial charge in [0, 0.05) is 1.43 Å². The first-order chi connectivity index (χ1) is 4.63. The SMILES string of the molecule is CS.O=C(O)CNC(=O)S.[HH]. The van der Waals surface area contributed by atoms with Crippen LogP contribution in [-0.2, 0) is 4.79 Å². The van der Waals surface area contributed by atoms with Gasteiger partial charge < -0.3 is 10.4 Å². The minimum absolute atomic E-state index is 0. The molecule has 0 unspecified atom stereocenters. The molecule has 10 heavy (non-hydrogen) atoms. The van der Waals surface area contributed by atoms with E-state index < -0.39 is 11.2 Å².